The van der Waals surface area contributed by atoms with Crippen molar-refractivity contribution >= 4 is 11.6 Å². The summed E-state index contributed by atoms with van der Waals surface area (Å²) < 4.78 is 0. The molecular weight excluding hydrogens is 200 g/mol. The number of carbonyl (C=O) groups excluding carboxylic acids is 1. The number of primary amides is 1. The van der Waals surface area contributed by atoms with Crippen molar-refractivity contribution in [3.8, 4) is 0 Å². The van der Waals surface area contributed by atoms with Crippen LogP contribution in [-0.2, 0) is 11.2 Å². The zero-order valence-corrected chi connectivity index (χ0v) is 9.86. The fourth-order valence-corrected chi connectivity index (χ4v) is 2.31. The van der Waals surface area contributed by atoms with Gasteiger partial charge >= 0.3 is 0 Å². The van der Waals surface area contributed by atoms with Crippen LogP contribution in [0.2, 0.25) is 0 Å². The maximum atomic E-state index is 11.3. The van der Waals surface area contributed by atoms with Gasteiger partial charge in [0.25, 0.3) is 0 Å². The monoisotopic (exact) mass is 218 g/mol. The lowest BCUT2D eigenvalue weighted by atomic mass is 9.98. The number of fused-ring (bicyclic) bond motifs is 1. The third-order valence-corrected chi connectivity index (χ3v) is 3.27. The summed E-state index contributed by atoms with van der Waals surface area (Å²) in [5, 5.41) is 0. The lowest BCUT2D eigenvalue weighted by Crippen LogP contribution is -2.45. The van der Waals surface area contributed by atoms with Crippen molar-refractivity contribution in [3.05, 3.63) is 29.3 Å². The number of hydrogen-bond acceptors (Lipinski definition) is 2. The van der Waals surface area contributed by atoms with Crippen LogP contribution in [0.3, 0.4) is 0 Å². The van der Waals surface area contributed by atoms with E-state index in [-0.39, 0.29) is 11.9 Å². The van der Waals surface area contributed by atoms with Crippen molar-refractivity contribution in [1.29, 1.82) is 0 Å². The van der Waals surface area contributed by atoms with Gasteiger partial charge in [0.15, 0.2) is 0 Å². The molecule has 0 saturated heterocycles. The van der Waals surface area contributed by atoms with E-state index in [4.69, 9.17) is 5.73 Å². The molecule has 0 aromatic heterocycles. The summed E-state index contributed by atoms with van der Waals surface area (Å²) in [6.07, 6.45) is 2.19. The summed E-state index contributed by atoms with van der Waals surface area (Å²) in [4.78, 5) is 13.4. The normalized spacial score (nSPS) is 16.8. The van der Waals surface area contributed by atoms with Crippen LogP contribution in [0.5, 0.6) is 0 Å². The first kappa shape index (κ1) is 11.0. The fourth-order valence-electron chi connectivity index (χ4n) is 2.31. The zero-order chi connectivity index (χ0) is 11.7. The van der Waals surface area contributed by atoms with Gasteiger partial charge < -0.3 is 10.6 Å². The number of carbonyl (C=O) groups is 1. The van der Waals surface area contributed by atoms with E-state index in [9.17, 15) is 4.79 Å². The predicted molar refractivity (Wildman–Crippen MR) is 65.5 cm³/mol. The van der Waals surface area contributed by atoms with Crippen molar-refractivity contribution in [1.82, 2.24) is 0 Å². The van der Waals surface area contributed by atoms with E-state index >= 15 is 0 Å². The molecular formula is C13H18N2O. The van der Waals surface area contributed by atoms with Crippen LogP contribution in [-0.4, -0.2) is 18.5 Å². The summed E-state index contributed by atoms with van der Waals surface area (Å²) in [5.41, 5.74) is 9.15. The molecule has 1 unspecified atom stereocenters. The highest BCUT2D eigenvalue weighted by atomic mass is 16.1. The highest BCUT2D eigenvalue weighted by Crippen LogP contribution is 2.29. The molecule has 0 fully saturated rings. The maximum Gasteiger partial charge on any atom is 0.239 e. The highest BCUT2D eigenvalue weighted by molar-refractivity contribution is 5.83. The molecule has 0 bridgehead atoms. The highest BCUT2D eigenvalue weighted by Gasteiger charge is 2.24. The standard InChI is InChI=1S/C13H18N2O/c1-9-5-6-12-11(8-9)4-3-7-15(12)10(2)13(14)16/h5-6,8,10H,3-4,7H2,1-2H3,(H2,14,16). The summed E-state index contributed by atoms with van der Waals surface area (Å²) in [6, 6.07) is 6.17. The van der Waals surface area contributed by atoms with Gasteiger partial charge in [0.2, 0.25) is 5.91 Å². The molecule has 1 aromatic rings. The molecule has 3 heteroatoms. The zero-order valence-electron chi connectivity index (χ0n) is 9.86. The van der Waals surface area contributed by atoms with Crippen molar-refractivity contribution in [3.63, 3.8) is 0 Å². The van der Waals surface area contributed by atoms with E-state index in [0.717, 1.165) is 19.4 Å². The third kappa shape index (κ3) is 1.90. The molecule has 16 heavy (non-hydrogen) atoms. The number of anilines is 1. The molecule has 0 saturated carbocycles. The number of nitrogens with zero attached hydrogens (tertiary/aromatic N) is 1. The molecule has 3 nitrogen and oxygen atoms in total. The Morgan fingerprint density at radius 3 is 2.94 bits per heavy atom. The van der Waals surface area contributed by atoms with E-state index in [0.29, 0.717) is 0 Å². The van der Waals surface area contributed by atoms with Crippen LogP contribution in [0.1, 0.15) is 24.5 Å². The SMILES string of the molecule is Cc1ccc2c(c1)CCCN2C(C)C(N)=O. The van der Waals surface area contributed by atoms with Crippen molar-refractivity contribution in [2.45, 2.75) is 32.7 Å². The van der Waals surface area contributed by atoms with Crippen LogP contribution in [0.4, 0.5) is 5.69 Å². The number of aryl methyl sites for hydroxylation is 2. The number of hydrogen-bond donors (Lipinski definition) is 1. The number of amides is 1. The Labute approximate surface area is 96.2 Å². The van der Waals surface area contributed by atoms with E-state index in [1.165, 1.54) is 16.8 Å². The van der Waals surface area contributed by atoms with E-state index in [2.05, 4.69) is 30.0 Å². The van der Waals surface area contributed by atoms with Gasteiger partial charge in [-0.15, -0.1) is 0 Å². The minimum atomic E-state index is -0.256. The average molecular weight is 218 g/mol. The Morgan fingerprint density at radius 2 is 2.25 bits per heavy atom. The molecule has 1 aromatic carbocycles. The molecule has 2 rings (SSSR count). The molecule has 2 N–H and O–H groups in total. The third-order valence-electron chi connectivity index (χ3n) is 3.27. The first-order chi connectivity index (χ1) is 7.59. The smallest absolute Gasteiger partial charge is 0.239 e. The second-order valence-electron chi connectivity index (χ2n) is 4.51. The van der Waals surface area contributed by atoms with Gasteiger partial charge in [-0.1, -0.05) is 17.7 Å². The molecule has 0 spiro atoms. The Hall–Kier alpha value is -1.51. The average Bonchev–Trinajstić information content (AvgIpc) is 2.26. The molecule has 86 valence electrons. The van der Waals surface area contributed by atoms with E-state index in [1.807, 2.05) is 6.92 Å². The van der Waals surface area contributed by atoms with Crippen LogP contribution >= 0.6 is 0 Å². The first-order valence-corrected chi connectivity index (χ1v) is 5.75. The Bertz CT molecular complexity index is 414. The largest absolute Gasteiger partial charge is 0.368 e. The fraction of sp³-hybridized carbons (Fsp3) is 0.462. The molecule has 1 heterocycles. The second kappa shape index (κ2) is 4.16. The van der Waals surface area contributed by atoms with E-state index in [1.54, 1.807) is 0 Å². The minimum Gasteiger partial charge on any atom is -0.368 e. The summed E-state index contributed by atoms with van der Waals surface area (Å²) in [6.45, 7) is 4.88. The molecule has 0 aliphatic carbocycles. The van der Waals surface area contributed by atoms with Crippen LogP contribution in [0.25, 0.3) is 0 Å². The first-order valence-electron chi connectivity index (χ1n) is 5.75. The number of benzene rings is 1. The number of nitrogens with two attached hydrogens (primary N) is 1. The summed E-state index contributed by atoms with van der Waals surface area (Å²) >= 11 is 0. The Kier molecular flexibility index (Phi) is 2.86. The summed E-state index contributed by atoms with van der Waals surface area (Å²) in [5.74, 6) is -0.256. The van der Waals surface area contributed by atoms with Gasteiger partial charge in [-0.3, -0.25) is 4.79 Å². The van der Waals surface area contributed by atoms with Gasteiger partial charge in [-0.25, -0.2) is 0 Å². The lowest BCUT2D eigenvalue weighted by molar-refractivity contribution is -0.119. The van der Waals surface area contributed by atoms with Crippen molar-refractivity contribution in [2.24, 2.45) is 5.73 Å². The topological polar surface area (TPSA) is 46.3 Å². The lowest BCUT2D eigenvalue weighted by Gasteiger charge is -2.34. The van der Waals surface area contributed by atoms with Crippen LogP contribution in [0, 0.1) is 6.92 Å². The Morgan fingerprint density at radius 1 is 1.50 bits per heavy atom. The van der Waals surface area contributed by atoms with E-state index < -0.39 is 0 Å². The molecule has 0 radical (unpaired) electrons. The van der Waals surface area contributed by atoms with Gasteiger partial charge in [-0.2, -0.15) is 0 Å². The quantitative estimate of drug-likeness (QED) is 0.820. The molecule has 1 aliphatic heterocycles. The van der Waals surface area contributed by atoms with Gasteiger partial charge in [0.1, 0.15) is 6.04 Å². The van der Waals surface area contributed by atoms with Gasteiger partial charge in [0.05, 0.1) is 0 Å². The molecule has 1 aliphatic rings. The van der Waals surface area contributed by atoms with Gasteiger partial charge in [0, 0.05) is 12.2 Å². The van der Waals surface area contributed by atoms with Gasteiger partial charge in [-0.05, 0) is 38.3 Å². The van der Waals surface area contributed by atoms with Crippen molar-refractivity contribution < 1.29 is 4.79 Å². The maximum absolute atomic E-state index is 11.3. The predicted octanol–water partition coefficient (Wildman–Crippen LogP) is 1.62. The van der Waals surface area contributed by atoms with Crippen LogP contribution < -0.4 is 10.6 Å². The summed E-state index contributed by atoms with van der Waals surface area (Å²) in [7, 11) is 0. The number of rotatable bonds is 2. The molecule has 1 amide bonds. The minimum absolute atomic E-state index is 0.221. The molecule has 1 atom stereocenters. The van der Waals surface area contributed by atoms with Crippen LogP contribution in [0.15, 0.2) is 18.2 Å². The second-order valence-corrected chi connectivity index (χ2v) is 4.51. The Balaban J connectivity index is 2.36. The van der Waals surface area contributed by atoms with Crippen molar-refractivity contribution in [2.75, 3.05) is 11.4 Å².